The molecule has 3 aromatic rings. The molecule has 1 aromatic heterocycles. The summed E-state index contributed by atoms with van der Waals surface area (Å²) in [5.74, 6) is 1.07. The average molecular weight is 293 g/mol. The average Bonchev–Trinajstić information content (AvgIpc) is 2.80. The molecule has 114 valence electrons. The highest BCUT2D eigenvalue weighted by atomic mass is 15.1. The molecule has 3 rings (SSSR count). The summed E-state index contributed by atoms with van der Waals surface area (Å²) in [6, 6.07) is 13.0. The maximum atomic E-state index is 5.78. The van der Waals surface area contributed by atoms with Crippen LogP contribution in [0.2, 0.25) is 0 Å². The number of hydrogen-bond acceptors (Lipinski definition) is 2. The summed E-state index contributed by atoms with van der Waals surface area (Å²) in [6.45, 7) is 7.92. The van der Waals surface area contributed by atoms with E-state index in [-0.39, 0.29) is 0 Å². The van der Waals surface area contributed by atoms with Crippen molar-refractivity contribution >= 4 is 11.0 Å². The van der Waals surface area contributed by atoms with Crippen LogP contribution in [0.1, 0.15) is 28.1 Å². The topological polar surface area (TPSA) is 43.8 Å². The summed E-state index contributed by atoms with van der Waals surface area (Å²) in [4.78, 5) is 4.81. The summed E-state index contributed by atoms with van der Waals surface area (Å²) >= 11 is 0. The number of hydrogen-bond donors (Lipinski definition) is 1. The smallest absolute Gasteiger partial charge is 0.111 e. The van der Waals surface area contributed by atoms with E-state index in [9.17, 15) is 0 Å². The zero-order valence-electron chi connectivity index (χ0n) is 13.6. The first-order valence-electron chi connectivity index (χ1n) is 7.81. The van der Waals surface area contributed by atoms with Crippen LogP contribution < -0.4 is 5.73 Å². The summed E-state index contributed by atoms with van der Waals surface area (Å²) in [6.07, 6.45) is 0.804. The van der Waals surface area contributed by atoms with E-state index < -0.39 is 0 Å². The largest absolute Gasteiger partial charge is 0.330 e. The van der Waals surface area contributed by atoms with Gasteiger partial charge in [0.15, 0.2) is 0 Å². The fourth-order valence-corrected chi connectivity index (χ4v) is 2.88. The molecule has 0 radical (unpaired) electrons. The second-order valence-electron chi connectivity index (χ2n) is 6.00. The van der Waals surface area contributed by atoms with Gasteiger partial charge in [0.1, 0.15) is 5.82 Å². The first-order valence-corrected chi connectivity index (χ1v) is 7.81. The minimum Gasteiger partial charge on any atom is -0.330 e. The molecule has 0 bridgehead atoms. The molecule has 0 saturated carbocycles. The summed E-state index contributed by atoms with van der Waals surface area (Å²) in [7, 11) is 0. The van der Waals surface area contributed by atoms with Gasteiger partial charge in [0, 0.05) is 13.0 Å². The number of rotatable bonds is 4. The predicted molar refractivity (Wildman–Crippen MR) is 92.2 cm³/mol. The zero-order chi connectivity index (χ0) is 15.7. The van der Waals surface area contributed by atoms with Gasteiger partial charge < -0.3 is 10.3 Å². The van der Waals surface area contributed by atoms with E-state index in [1.165, 1.54) is 27.8 Å². The molecule has 0 spiro atoms. The Morgan fingerprint density at radius 2 is 1.73 bits per heavy atom. The Kier molecular flexibility index (Phi) is 3.99. The van der Waals surface area contributed by atoms with Crippen LogP contribution in [0.4, 0.5) is 0 Å². The van der Waals surface area contributed by atoms with Gasteiger partial charge in [0.25, 0.3) is 0 Å². The van der Waals surface area contributed by atoms with Crippen molar-refractivity contribution in [1.82, 2.24) is 9.55 Å². The molecule has 2 aromatic carbocycles. The summed E-state index contributed by atoms with van der Waals surface area (Å²) < 4.78 is 2.32. The van der Waals surface area contributed by atoms with Gasteiger partial charge in [-0.15, -0.1) is 0 Å². The third kappa shape index (κ3) is 2.64. The Labute approximate surface area is 131 Å². The highest BCUT2D eigenvalue weighted by molar-refractivity contribution is 5.78. The van der Waals surface area contributed by atoms with Crippen molar-refractivity contribution in [3.63, 3.8) is 0 Å². The Morgan fingerprint density at radius 3 is 2.45 bits per heavy atom. The molecule has 0 fully saturated rings. The molecule has 0 saturated heterocycles. The number of aromatic nitrogens is 2. The van der Waals surface area contributed by atoms with Crippen LogP contribution in [0.15, 0.2) is 36.4 Å². The Hall–Kier alpha value is -2.13. The van der Waals surface area contributed by atoms with Gasteiger partial charge in [-0.3, -0.25) is 0 Å². The number of aryl methyl sites for hydroxylation is 3. The summed E-state index contributed by atoms with van der Waals surface area (Å²) in [5.41, 5.74) is 13.3. The highest BCUT2D eigenvalue weighted by Gasteiger charge is 2.12. The fourth-order valence-electron chi connectivity index (χ4n) is 2.88. The number of fused-ring (bicyclic) bond motifs is 1. The molecule has 0 unspecified atom stereocenters. The molecule has 22 heavy (non-hydrogen) atoms. The Morgan fingerprint density at radius 1 is 1.00 bits per heavy atom. The molecule has 2 N–H and O–H groups in total. The van der Waals surface area contributed by atoms with Crippen LogP contribution in [0.3, 0.4) is 0 Å². The van der Waals surface area contributed by atoms with Crippen molar-refractivity contribution in [3.05, 3.63) is 64.5 Å². The van der Waals surface area contributed by atoms with Crippen LogP contribution in [-0.2, 0) is 13.0 Å². The molecule has 0 aliphatic carbocycles. The molecule has 3 nitrogen and oxygen atoms in total. The van der Waals surface area contributed by atoms with Gasteiger partial charge in [-0.1, -0.05) is 24.3 Å². The lowest BCUT2D eigenvalue weighted by Gasteiger charge is -2.11. The normalized spacial score (nSPS) is 11.3. The van der Waals surface area contributed by atoms with Gasteiger partial charge in [0.2, 0.25) is 0 Å². The number of nitrogens with two attached hydrogens (primary N) is 1. The van der Waals surface area contributed by atoms with E-state index in [4.69, 9.17) is 10.7 Å². The van der Waals surface area contributed by atoms with Crippen molar-refractivity contribution in [1.29, 1.82) is 0 Å². The second-order valence-corrected chi connectivity index (χ2v) is 6.00. The number of imidazole rings is 1. The van der Waals surface area contributed by atoms with E-state index in [2.05, 4.69) is 61.7 Å². The van der Waals surface area contributed by atoms with Crippen LogP contribution in [0, 0.1) is 20.8 Å². The zero-order valence-corrected chi connectivity index (χ0v) is 13.6. The van der Waals surface area contributed by atoms with Crippen LogP contribution in [0.5, 0.6) is 0 Å². The van der Waals surface area contributed by atoms with Crippen LogP contribution >= 0.6 is 0 Å². The van der Waals surface area contributed by atoms with Crippen LogP contribution in [-0.4, -0.2) is 16.1 Å². The number of nitrogens with zero attached hydrogens (tertiary/aromatic N) is 2. The molecule has 0 aliphatic rings. The first kappa shape index (κ1) is 14.8. The van der Waals surface area contributed by atoms with Crippen molar-refractivity contribution in [3.8, 4) is 0 Å². The fraction of sp³-hybridized carbons (Fsp3) is 0.316. The molecule has 0 amide bonds. The van der Waals surface area contributed by atoms with Gasteiger partial charge >= 0.3 is 0 Å². The van der Waals surface area contributed by atoms with E-state index >= 15 is 0 Å². The van der Waals surface area contributed by atoms with E-state index in [1.54, 1.807) is 0 Å². The third-order valence-corrected chi connectivity index (χ3v) is 4.40. The van der Waals surface area contributed by atoms with Gasteiger partial charge in [-0.05, 0) is 61.7 Å². The minimum atomic E-state index is 0.620. The van der Waals surface area contributed by atoms with Crippen molar-refractivity contribution in [2.24, 2.45) is 5.73 Å². The lowest BCUT2D eigenvalue weighted by Crippen LogP contribution is -2.11. The van der Waals surface area contributed by atoms with Crippen LogP contribution in [0.25, 0.3) is 11.0 Å². The third-order valence-electron chi connectivity index (χ3n) is 4.40. The van der Waals surface area contributed by atoms with Gasteiger partial charge in [-0.2, -0.15) is 0 Å². The molecular formula is C19H23N3. The summed E-state index contributed by atoms with van der Waals surface area (Å²) in [5, 5.41) is 0. The van der Waals surface area contributed by atoms with Crippen molar-refractivity contribution in [2.45, 2.75) is 33.7 Å². The molecule has 0 aliphatic heterocycles. The van der Waals surface area contributed by atoms with E-state index in [1.807, 2.05) is 0 Å². The lowest BCUT2D eigenvalue weighted by molar-refractivity contribution is 0.732. The molecule has 0 atom stereocenters. The monoisotopic (exact) mass is 293 g/mol. The molecule has 1 heterocycles. The highest BCUT2D eigenvalue weighted by Crippen LogP contribution is 2.23. The van der Waals surface area contributed by atoms with Gasteiger partial charge in [0.05, 0.1) is 11.0 Å². The SMILES string of the molecule is Cc1cc2nc(CCN)n(Cc3ccccc3C)c2cc1C. The molecule has 3 heteroatoms. The van der Waals surface area contributed by atoms with Crippen molar-refractivity contribution < 1.29 is 0 Å². The van der Waals surface area contributed by atoms with Crippen molar-refractivity contribution in [2.75, 3.05) is 6.54 Å². The maximum absolute atomic E-state index is 5.78. The predicted octanol–water partition coefficient (Wildman–Crippen LogP) is 3.51. The standard InChI is InChI=1S/C19H23N3/c1-13-6-4-5-7-16(13)12-22-18-11-15(3)14(2)10-17(18)21-19(22)8-9-20/h4-7,10-11H,8-9,12,20H2,1-3H3. The van der Waals surface area contributed by atoms with E-state index in [0.29, 0.717) is 6.54 Å². The minimum absolute atomic E-state index is 0.620. The number of benzene rings is 2. The second kappa shape index (κ2) is 5.93. The van der Waals surface area contributed by atoms with E-state index in [0.717, 1.165) is 24.3 Å². The Balaban J connectivity index is 2.15. The Bertz CT molecular complexity index is 815. The maximum Gasteiger partial charge on any atom is 0.111 e. The molecular weight excluding hydrogens is 270 g/mol. The quantitative estimate of drug-likeness (QED) is 0.800. The van der Waals surface area contributed by atoms with Gasteiger partial charge in [-0.25, -0.2) is 4.98 Å². The lowest BCUT2D eigenvalue weighted by atomic mass is 10.1. The first-order chi connectivity index (χ1) is 10.6.